The van der Waals surface area contributed by atoms with Gasteiger partial charge in [0.15, 0.2) is 0 Å². The number of benzene rings is 2. The Kier molecular flexibility index (Phi) is 4.34. The van der Waals surface area contributed by atoms with E-state index in [9.17, 15) is 9.59 Å². The average molecular weight is 388 g/mol. The fourth-order valence-corrected chi connectivity index (χ4v) is 3.87. The number of carbonyl (C=O) groups excluding carboxylic acids is 1. The van der Waals surface area contributed by atoms with Crippen molar-refractivity contribution in [3.8, 4) is 5.69 Å². The second-order valence-electron chi connectivity index (χ2n) is 8.06. The Morgan fingerprint density at radius 1 is 1.07 bits per heavy atom. The molecule has 6 heteroatoms. The highest BCUT2D eigenvalue weighted by molar-refractivity contribution is 5.98. The summed E-state index contributed by atoms with van der Waals surface area (Å²) in [6.07, 6.45) is 4.26. The van der Waals surface area contributed by atoms with Crippen molar-refractivity contribution in [1.82, 2.24) is 14.9 Å². The van der Waals surface area contributed by atoms with Crippen LogP contribution in [0.3, 0.4) is 0 Å². The number of aromatic nitrogens is 2. The van der Waals surface area contributed by atoms with Gasteiger partial charge in [-0.05, 0) is 62.9 Å². The van der Waals surface area contributed by atoms with Crippen molar-refractivity contribution < 1.29 is 4.79 Å². The topological polar surface area (TPSA) is 67.2 Å². The number of nitrogens with zero attached hydrogens (tertiary/aromatic N) is 3. The molecule has 0 radical (unpaired) electrons. The molecule has 1 aliphatic carbocycles. The molecule has 1 saturated heterocycles. The SMILES string of the molecule is Cc1ccc(-n2c(N3CCCC3)nc3cc(C(=O)NC4CC4)ccc3c2=O)cc1. The maximum Gasteiger partial charge on any atom is 0.267 e. The summed E-state index contributed by atoms with van der Waals surface area (Å²) >= 11 is 0. The first kappa shape index (κ1) is 17.9. The minimum Gasteiger partial charge on any atom is -0.349 e. The monoisotopic (exact) mass is 388 g/mol. The molecule has 0 atom stereocenters. The molecule has 1 saturated carbocycles. The lowest BCUT2D eigenvalue weighted by molar-refractivity contribution is 0.0951. The lowest BCUT2D eigenvalue weighted by Crippen LogP contribution is -2.30. The van der Waals surface area contributed by atoms with E-state index in [1.54, 1.807) is 22.8 Å². The predicted molar refractivity (Wildman–Crippen MR) is 114 cm³/mol. The van der Waals surface area contributed by atoms with Gasteiger partial charge in [-0.2, -0.15) is 0 Å². The van der Waals surface area contributed by atoms with Gasteiger partial charge in [0.2, 0.25) is 5.95 Å². The van der Waals surface area contributed by atoms with Gasteiger partial charge in [-0.15, -0.1) is 0 Å². The Labute approximate surface area is 169 Å². The summed E-state index contributed by atoms with van der Waals surface area (Å²) in [7, 11) is 0. The number of hydrogen-bond acceptors (Lipinski definition) is 4. The fourth-order valence-electron chi connectivity index (χ4n) is 3.87. The fraction of sp³-hybridized carbons (Fsp3) is 0.348. The van der Waals surface area contributed by atoms with Crippen LogP contribution in [0.25, 0.3) is 16.6 Å². The van der Waals surface area contributed by atoms with Crippen LogP contribution in [0.15, 0.2) is 47.3 Å². The van der Waals surface area contributed by atoms with Crippen LogP contribution in [-0.4, -0.2) is 34.6 Å². The van der Waals surface area contributed by atoms with Crippen LogP contribution >= 0.6 is 0 Å². The van der Waals surface area contributed by atoms with Gasteiger partial charge in [-0.3, -0.25) is 9.59 Å². The molecule has 2 heterocycles. The van der Waals surface area contributed by atoms with E-state index in [1.807, 2.05) is 31.2 Å². The number of nitrogens with one attached hydrogen (secondary N) is 1. The smallest absolute Gasteiger partial charge is 0.267 e. The molecule has 2 aromatic carbocycles. The molecule has 1 aliphatic heterocycles. The predicted octanol–water partition coefficient (Wildman–Crippen LogP) is 3.19. The van der Waals surface area contributed by atoms with Gasteiger partial charge in [0, 0.05) is 24.7 Å². The van der Waals surface area contributed by atoms with E-state index in [0.717, 1.165) is 50.0 Å². The Balaban J connectivity index is 1.67. The third-order valence-electron chi connectivity index (χ3n) is 5.71. The van der Waals surface area contributed by atoms with Gasteiger partial charge in [0.1, 0.15) is 0 Å². The first-order chi connectivity index (χ1) is 14.1. The summed E-state index contributed by atoms with van der Waals surface area (Å²) in [5.41, 5.74) is 2.98. The molecule has 5 rings (SSSR count). The standard InChI is InChI=1S/C23H24N4O2/c1-15-4-9-18(10-5-15)27-22(29)19-11-6-16(21(28)24-17-7-8-17)14-20(19)25-23(27)26-12-2-3-13-26/h4-6,9-11,14,17H,2-3,7-8,12-13H2,1H3,(H,24,28). The number of fused-ring (bicyclic) bond motifs is 1. The van der Waals surface area contributed by atoms with E-state index < -0.39 is 0 Å². The quantitative estimate of drug-likeness (QED) is 0.745. The maximum atomic E-state index is 13.5. The minimum atomic E-state index is -0.102. The van der Waals surface area contributed by atoms with Gasteiger partial charge in [0.05, 0.1) is 16.6 Å². The summed E-state index contributed by atoms with van der Waals surface area (Å²) < 4.78 is 1.71. The van der Waals surface area contributed by atoms with Gasteiger partial charge in [0.25, 0.3) is 11.5 Å². The van der Waals surface area contributed by atoms with Crippen LogP contribution in [0, 0.1) is 6.92 Å². The first-order valence-corrected chi connectivity index (χ1v) is 10.3. The molecule has 3 aromatic rings. The summed E-state index contributed by atoms with van der Waals surface area (Å²) in [4.78, 5) is 32.9. The van der Waals surface area contributed by atoms with Gasteiger partial charge < -0.3 is 10.2 Å². The molecule has 0 spiro atoms. The second kappa shape index (κ2) is 7.03. The van der Waals surface area contributed by atoms with Gasteiger partial charge in [-0.1, -0.05) is 17.7 Å². The van der Waals surface area contributed by atoms with Crippen LogP contribution in [0.5, 0.6) is 0 Å². The zero-order valence-corrected chi connectivity index (χ0v) is 16.5. The van der Waals surface area contributed by atoms with Crippen LogP contribution < -0.4 is 15.8 Å². The van der Waals surface area contributed by atoms with E-state index in [1.165, 1.54) is 0 Å². The molecule has 0 unspecified atom stereocenters. The number of hydrogen-bond donors (Lipinski definition) is 1. The number of amides is 1. The molecular weight excluding hydrogens is 364 g/mol. The average Bonchev–Trinajstić information content (AvgIpc) is 3.37. The summed E-state index contributed by atoms with van der Waals surface area (Å²) in [6.45, 7) is 3.79. The Hall–Kier alpha value is -3.15. The molecule has 0 bridgehead atoms. The van der Waals surface area contributed by atoms with Crippen molar-refractivity contribution in [2.45, 2.75) is 38.6 Å². The second-order valence-corrected chi connectivity index (χ2v) is 8.06. The number of aryl methyl sites for hydroxylation is 1. The normalized spacial score (nSPS) is 16.4. The summed E-state index contributed by atoms with van der Waals surface area (Å²) in [6, 6.07) is 13.4. The highest BCUT2D eigenvalue weighted by Crippen LogP contribution is 2.24. The van der Waals surface area contributed by atoms with E-state index in [-0.39, 0.29) is 11.5 Å². The molecule has 2 fully saturated rings. The van der Waals surface area contributed by atoms with Crippen LogP contribution in [-0.2, 0) is 0 Å². The number of rotatable bonds is 4. The Morgan fingerprint density at radius 3 is 2.48 bits per heavy atom. The Morgan fingerprint density at radius 2 is 1.79 bits per heavy atom. The van der Waals surface area contributed by atoms with Crippen LogP contribution in [0.4, 0.5) is 5.95 Å². The van der Waals surface area contributed by atoms with Crippen molar-refractivity contribution in [2.24, 2.45) is 0 Å². The van der Waals surface area contributed by atoms with E-state index in [4.69, 9.17) is 4.98 Å². The minimum absolute atomic E-state index is 0.0957. The zero-order chi connectivity index (χ0) is 20.0. The number of anilines is 1. The summed E-state index contributed by atoms with van der Waals surface area (Å²) in [5.74, 6) is 0.560. The van der Waals surface area contributed by atoms with E-state index in [2.05, 4.69) is 10.2 Å². The molecule has 1 aromatic heterocycles. The zero-order valence-electron chi connectivity index (χ0n) is 16.5. The van der Waals surface area contributed by atoms with Crippen molar-refractivity contribution in [3.05, 3.63) is 63.9 Å². The third-order valence-corrected chi connectivity index (χ3v) is 5.71. The van der Waals surface area contributed by atoms with Crippen molar-refractivity contribution >= 4 is 22.8 Å². The highest BCUT2D eigenvalue weighted by Gasteiger charge is 2.25. The van der Waals surface area contributed by atoms with Gasteiger partial charge >= 0.3 is 0 Å². The van der Waals surface area contributed by atoms with Crippen LogP contribution in [0.2, 0.25) is 0 Å². The lowest BCUT2D eigenvalue weighted by atomic mass is 10.1. The summed E-state index contributed by atoms with van der Waals surface area (Å²) in [5, 5.41) is 3.53. The molecule has 6 nitrogen and oxygen atoms in total. The van der Waals surface area contributed by atoms with E-state index in [0.29, 0.717) is 28.5 Å². The maximum absolute atomic E-state index is 13.5. The third kappa shape index (κ3) is 3.39. The first-order valence-electron chi connectivity index (χ1n) is 10.3. The largest absolute Gasteiger partial charge is 0.349 e. The molecular formula is C23H24N4O2. The van der Waals surface area contributed by atoms with Crippen molar-refractivity contribution in [1.29, 1.82) is 0 Å². The van der Waals surface area contributed by atoms with Crippen LogP contribution in [0.1, 0.15) is 41.6 Å². The Bertz CT molecular complexity index is 1140. The van der Waals surface area contributed by atoms with Crippen molar-refractivity contribution in [2.75, 3.05) is 18.0 Å². The molecule has 1 N–H and O–H groups in total. The molecule has 1 amide bonds. The lowest BCUT2D eigenvalue weighted by Gasteiger charge is -2.22. The molecule has 2 aliphatic rings. The van der Waals surface area contributed by atoms with E-state index >= 15 is 0 Å². The van der Waals surface area contributed by atoms with Crippen molar-refractivity contribution in [3.63, 3.8) is 0 Å². The number of carbonyl (C=O) groups is 1. The molecule has 148 valence electrons. The highest BCUT2D eigenvalue weighted by atomic mass is 16.2. The molecule has 29 heavy (non-hydrogen) atoms. The van der Waals surface area contributed by atoms with Gasteiger partial charge in [-0.25, -0.2) is 9.55 Å².